The first kappa shape index (κ1) is 15.8. The number of hydrogen-bond acceptors (Lipinski definition) is 4. The summed E-state index contributed by atoms with van der Waals surface area (Å²) in [6.45, 7) is 6.24. The molecule has 1 aromatic rings. The third-order valence-corrected chi connectivity index (χ3v) is 3.54. The van der Waals surface area contributed by atoms with E-state index in [1.165, 1.54) is 6.42 Å². The average Bonchev–Trinajstić information content (AvgIpc) is 2.51. The van der Waals surface area contributed by atoms with Crippen molar-refractivity contribution in [3.8, 4) is 0 Å². The Morgan fingerprint density at radius 2 is 2.29 bits per heavy atom. The zero-order chi connectivity index (χ0) is 15.1. The van der Waals surface area contributed by atoms with Crippen LogP contribution < -0.4 is 10.6 Å². The summed E-state index contributed by atoms with van der Waals surface area (Å²) in [6, 6.07) is 3.62. The second kappa shape index (κ2) is 7.98. The molecule has 0 bridgehead atoms. The Labute approximate surface area is 126 Å². The van der Waals surface area contributed by atoms with Crippen LogP contribution in [-0.2, 0) is 4.74 Å². The van der Waals surface area contributed by atoms with Gasteiger partial charge in [-0.1, -0.05) is 6.92 Å². The van der Waals surface area contributed by atoms with Crippen LogP contribution in [0.25, 0.3) is 0 Å². The molecule has 1 amide bonds. The molecule has 5 heteroatoms. The number of amides is 1. The van der Waals surface area contributed by atoms with E-state index < -0.39 is 0 Å². The van der Waals surface area contributed by atoms with Gasteiger partial charge in [0.15, 0.2) is 0 Å². The van der Waals surface area contributed by atoms with Crippen molar-refractivity contribution in [1.82, 2.24) is 10.3 Å². The molecule has 0 aromatic carbocycles. The number of carbonyl (C=O) groups excluding carboxylic acids is 1. The van der Waals surface area contributed by atoms with Crippen LogP contribution in [-0.4, -0.2) is 36.7 Å². The number of nitrogens with zero attached hydrogens (tertiary/aromatic N) is 1. The normalized spacial score (nSPS) is 18.3. The molecule has 1 aromatic heterocycles. The second-order valence-electron chi connectivity index (χ2n) is 5.51. The van der Waals surface area contributed by atoms with Gasteiger partial charge < -0.3 is 15.4 Å². The third-order valence-electron chi connectivity index (χ3n) is 3.54. The molecular formula is C16H25N3O2. The highest BCUT2D eigenvalue weighted by molar-refractivity contribution is 5.95. The maximum Gasteiger partial charge on any atom is 0.251 e. The second-order valence-corrected chi connectivity index (χ2v) is 5.51. The predicted octanol–water partition coefficient (Wildman–Crippen LogP) is 2.51. The summed E-state index contributed by atoms with van der Waals surface area (Å²) in [5, 5.41) is 6.18. The van der Waals surface area contributed by atoms with Crippen molar-refractivity contribution in [2.24, 2.45) is 0 Å². The van der Waals surface area contributed by atoms with Gasteiger partial charge in [0.1, 0.15) is 5.82 Å². The molecule has 0 spiro atoms. The number of aryl methyl sites for hydroxylation is 1. The van der Waals surface area contributed by atoms with Crippen molar-refractivity contribution in [2.45, 2.75) is 45.6 Å². The molecule has 5 nitrogen and oxygen atoms in total. The van der Waals surface area contributed by atoms with Crippen LogP contribution in [0.5, 0.6) is 0 Å². The molecule has 0 radical (unpaired) electrons. The van der Waals surface area contributed by atoms with Gasteiger partial charge in [-0.25, -0.2) is 4.98 Å². The van der Waals surface area contributed by atoms with Crippen molar-refractivity contribution in [3.05, 3.63) is 23.4 Å². The maximum absolute atomic E-state index is 12.2. The molecular weight excluding hydrogens is 266 g/mol. The number of ether oxygens (including phenoxy) is 1. The predicted molar refractivity (Wildman–Crippen MR) is 83.7 cm³/mol. The molecule has 0 saturated carbocycles. The van der Waals surface area contributed by atoms with Crippen LogP contribution in [0.15, 0.2) is 12.1 Å². The molecule has 1 saturated heterocycles. The van der Waals surface area contributed by atoms with Crippen molar-refractivity contribution < 1.29 is 9.53 Å². The van der Waals surface area contributed by atoms with Crippen LogP contribution in [0.2, 0.25) is 0 Å². The molecule has 116 valence electrons. The fraction of sp³-hybridized carbons (Fsp3) is 0.625. The van der Waals surface area contributed by atoms with Gasteiger partial charge in [-0.2, -0.15) is 0 Å². The maximum atomic E-state index is 12.2. The number of nitrogens with one attached hydrogen (secondary N) is 2. The molecule has 1 unspecified atom stereocenters. The van der Waals surface area contributed by atoms with Gasteiger partial charge in [-0.3, -0.25) is 4.79 Å². The zero-order valence-electron chi connectivity index (χ0n) is 12.9. The van der Waals surface area contributed by atoms with Crippen molar-refractivity contribution in [2.75, 3.05) is 25.0 Å². The number of pyridine rings is 1. The standard InChI is InChI=1S/C16H25N3O2/c1-3-7-17-15-10-13(9-12(2)19-15)16(20)18-11-14-6-4-5-8-21-14/h9-10,14H,3-8,11H2,1-2H3,(H,17,19)(H,18,20). The topological polar surface area (TPSA) is 63.2 Å². The largest absolute Gasteiger partial charge is 0.376 e. The van der Waals surface area contributed by atoms with E-state index >= 15 is 0 Å². The first-order valence-electron chi connectivity index (χ1n) is 7.81. The van der Waals surface area contributed by atoms with Crippen LogP contribution in [0.4, 0.5) is 5.82 Å². The Morgan fingerprint density at radius 3 is 3.00 bits per heavy atom. The first-order valence-corrected chi connectivity index (χ1v) is 7.81. The van der Waals surface area contributed by atoms with Crippen molar-refractivity contribution in [3.63, 3.8) is 0 Å². The number of anilines is 1. The van der Waals surface area contributed by atoms with E-state index in [1.54, 1.807) is 6.07 Å². The molecule has 2 heterocycles. The Kier molecular flexibility index (Phi) is 5.99. The molecule has 1 aliphatic rings. The van der Waals surface area contributed by atoms with Crippen LogP contribution in [0.1, 0.15) is 48.7 Å². The van der Waals surface area contributed by atoms with E-state index in [1.807, 2.05) is 13.0 Å². The van der Waals surface area contributed by atoms with E-state index in [4.69, 9.17) is 4.74 Å². The first-order chi connectivity index (χ1) is 10.2. The highest BCUT2D eigenvalue weighted by Crippen LogP contribution is 2.13. The average molecular weight is 291 g/mol. The summed E-state index contributed by atoms with van der Waals surface area (Å²) in [5.74, 6) is 0.699. The Balaban J connectivity index is 1.92. The smallest absolute Gasteiger partial charge is 0.251 e. The summed E-state index contributed by atoms with van der Waals surface area (Å²) in [5.41, 5.74) is 1.49. The molecule has 1 aliphatic heterocycles. The van der Waals surface area contributed by atoms with Crippen LogP contribution in [0, 0.1) is 6.92 Å². The highest BCUT2D eigenvalue weighted by atomic mass is 16.5. The molecule has 2 N–H and O–H groups in total. The van der Waals surface area contributed by atoms with Crippen LogP contribution in [0.3, 0.4) is 0 Å². The van der Waals surface area contributed by atoms with Gasteiger partial charge in [0.2, 0.25) is 0 Å². The van der Waals surface area contributed by atoms with Gasteiger partial charge in [-0.15, -0.1) is 0 Å². The van der Waals surface area contributed by atoms with Gasteiger partial charge in [0.25, 0.3) is 5.91 Å². The van der Waals surface area contributed by atoms with Gasteiger partial charge >= 0.3 is 0 Å². The van der Waals surface area contributed by atoms with E-state index in [0.717, 1.165) is 43.9 Å². The SMILES string of the molecule is CCCNc1cc(C(=O)NCC2CCCCO2)cc(C)n1. The fourth-order valence-corrected chi connectivity index (χ4v) is 2.42. The molecule has 1 fully saturated rings. The Bertz CT molecular complexity index is 471. The lowest BCUT2D eigenvalue weighted by atomic mass is 10.1. The lowest BCUT2D eigenvalue weighted by molar-refractivity contribution is 0.0169. The Hall–Kier alpha value is -1.62. The summed E-state index contributed by atoms with van der Waals surface area (Å²) in [6.07, 6.45) is 4.51. The minimum absolute atomic E-state index is 0.0609. The summed E-state index contributed by atoms with van der Waals surface area (Å²) in [4.78, 5) is 16.6. The Morgan fingerprint density at radius 1 is 1.43 bits per heavy atom. The molecule has 2 rings (SSSR count). The lowest BCUT2D eigenvalue weighted by Gasteiger charge is -2.22. The van der Waals surface area contributed by atoms with Gasteiger partial charge in [0, 0.05) is 31.0 Å². The molecule has 0 aliphatic carbocycles. The minimum atomic E-state index is -0.0609. The van der Waals surface area contributed by atoms with Gasteiger partial charge in [-0.05, 0) is 44.7 Å². The summed E-state index contributed by atoms with van der Waals surface area (Å²) < 4.78 is 5.63. The van der Waals surface area contributed by atoms with Gasteiger partial charge in [0.05, 0.1) is 6.10 Å². The summed E-state index contributed by atoms with van der Waals surface area (Å²) in [7, 11) is 0. The van der Waals surface area contributed by atoms with E-state index in [-0.39, 0.29) is 12.0 Å². The molecule has 21 heavy (non-hydrogen) atoms. The number of carbonyl (C=O) groups is 1. The minimum Gasteiger partial charge on any atom is -0.376 e. The van der Waals surface area contributed by atoms with E-state index in [9.17, 15) is 4.79 Å². The van der Waals surface area contributed by atoms with E-state index in [0.29, 0.717) is 12.1 Å². The molecule has 1 atom stereocenters. The number of aromatic nitrogens is 1. The monoisotopic (exact) mass is 291 g/mol. The lowest BCUT2D eigenvalue weighted by Crippen LogP contribution is -2.35. The zero-order valence-corrected chi connectivity index (χ0v) is 12.9. The fourth-order valence-electron chi connectivity index (χ4n) is 2.42. The van der Waals surface area contributed by atoms with Crippen molar-refractivity contribution >= 4 is 11.7 Å². The third kappa shape index (κ3) is 5.01. The van der Waals surface area contributed by atoms with Crippen molar-refractivity contribution in [1.29, 1.82) is 0 Å². The summed E-state index contributed by atoms with van der Waals surface area (Å²) >= 11 is 0. The number of rotatable bonds is 6. The number of hydrogen-bond donors (Lipinski definition) is 2. The van der Waals surface area contributed by atoms with E-state index in [2.05, 4.69) is 22.5 Å². The highest BCUT2D eigenvalue weighted by Gasteiger charge is 2.15. The quantitative estimate of drug-likeness (QED) is 0.845. The van der Waals surface area contributed by atoms with Crippen LogP contribution >= 0.6 is 0 Å².